The molecule has 0 unspecified atom stereocenters. The molecule has 0 aliphatic heterocycles. The highest BCUT2D eigenvalue weighted by atomic mass is 16.3. The van der Waals surface area contributed by atoms with Crippen molar-refractivity contribution in [2.24, 2.45) is 0 Å². The molecule has 57 valence electrons. The lowest BCUT2D eigenvalue weighted by Crippen LogP contribution is -2.02. The van der Waals surface area contributed by atoms with Crippen molar-refractivity contribution in [1.82, 2.24) is 0 Å². The van der Waals surface area contributed by atoms with E-state index in [4.69, 9.17) is 5.11 Å². The van der Waals surface area contributed by atoms with Crippen LogP contribution in [0.5, 0.6) is 0 Å². The van der Waals surface area contributed by atoms with Crippen LogP contribution in [-0.2, 0) is 0 Å². The minimum Gasteiger partial charge on any atom is -0.511 e. The van der Waals surface area contributed by atoms with Crippen molar-refractivity contribution in [3.8, 4) is 0 Å². The van der Waals surface area contributed by atoms with Gasteiger partial charge in [-0.15, -0.1) is 0 Å². The Hall–Kier alpha value is -1.44. The zero-order valence-corrected chi connectivity index (χ0v) is 6.17. The first-order chi connectivity index (χ1) is 5.29. The first kappa shape index (κ1) is 7.66. The molecule has 0 aromatic heterocycles. The average molecular weight is 148 g/mol. The number of benzene rings is 1. The SMILES string of the molecule is C=C(O)CNc1cc[c]cc1. The van der Waals surface area contributed by atoms with E-state index in [9.17, 15) is 0 Å². The molecule has 2 nitrogen and oxygen atoms in total. The third kappa shape index (κ3) is 2.76. The average Bonchev–Trinajstić information content (AvgIpc) is 2.03. The fraction of sp³-hybridized carbons (Fsp3) is 0.111. The zero-order chi connectivity index (χ0) is 8.10. The van der Waals surface area contributed by atoms with Gasteiger partial charge >= 0.3 is 0 Å². The Morgan fingerprint density at radius 1 is 1.55 bits per heavy atom. The Morgan fingerprint density at radius 3 is 2.73 bits per heavy atom. The number of anilines is 1. The summed E-state index contributed by atoms with van der Waals surface area (Å²) in [6.45, 7) is 3.75. The maximum atomic E-state index is 8.75. The fourth-order valence-corrected chi connectivity index (χ4v) is 0.709. The summed E-state index contributed by atoms with van der Waals surface area (Å²) in [6.07, 6.45) is 0. The molecule has 0 aliphatic carbocycles. The third-order valence-corrected chi connectivity index (χ3v) is 1.21. The number of hydrogen-bond acceptors (Lipinski definition) is 2. The van der Waals surface area contributed by atoms with E-state index in [0.29, 0.717) is 6.54 Å². The van der Waals surface area contributed by atoms with Gasteiger partial charge in [0.05, 0.1) is 6.54 Å². The van der Waals surface area contributed by atoms with Gasteiger partial charge in [-0.2, -0.15) is 0 Å². The summed E-state index contributed by atoms with van der Waals surface area (Å²) in [5, 5.41) is 11.7. The van der Waals surface area contributed by atoms with Gasteiger partial charge in [0.2, 0.25) is 0 Å². The Kier molecular flexibility index (Phi) is 2.55. The second kappa shape index (κ2) is 3.66. The van der Waals surface area contributed by atoms with Gasteiger partial charge in [0.15, 0.2) is 0 Å². The molecule has 1 rings (SSSR count). The molecule has 0 spiro atoms. The van der Waals surface area contributed by atoms with E-state index >= 15 is 0 Å². The minimum atomic E-state index is 0.137. The first-order valence-corrected chi connectivity index (χ1v) is 3.36. The van der Waals surface area contributed by atoms with Crippen LogP contribution < -0.4 is 5.32 Å². The predicted octanol–water partition coefficient (Wildman–Crippen LogP) is 1.97. The number of aliphatic hydroxyl groups is 1. The fourth-order valence-electron chi connectivity index (χ4n) is 0.709. The summed E-state index contributed by atoms with van der Waals surface area (Å²) in [7, 11) is 0. The lowest BCUT2D eigenvalue weighted by molar-refractivity contribution is 0.410. The first-order valence-electron chi connectivity index (χ1n) is 3.36. The van der Waals surface area contributed by atoms with Gasteiger partial charge < -0.3 is 10.4 Å². The topological polar surface area (TPSA) is 32.3 Å². The zero-order valence-electron chi connectivity index (χ0n) is 6.17. The molecule has 0 atom stereocenters. The van der Waals surface area contributed by atoms with Crippen molar-refractivity contribution in [1.29, 1.82) is 0 Å². The predicted molar refractivity (Wildman–Crippen MR) is 45.5 cm³/mol. The van der Waals surface area contributed by atoms with Crippen molar-refractivity contribution >= 4 is 5.69 Å². The number of rotatable bonds is 3. The van der Waals surface area contributed by atoms with Crippen LogP contribution in [0.3, 0.4) is 0 Å². The second-order valence-electron chi connectivity index (χ2n) is 2.21. The molecule has 0 saturated carbocycles. The molecular formula is C9H10NO. The molecule has 0 fully saturated rings. The second-order valence-corrected chi connectivity index (χ2v) is 2.21. The number of aliphatic hydroxyl groups excluding tert-OH is 1. The Morgan fingerprint density at radius 2 is 2.18 bits per heavy atom. The van der Waals surface area contributed by atoms with Gasteiger partial charge in [-0.05, 0) is 18.2 Å². The van der Waals surface area contributed by atoms with Crippen molar-refractivity contribution in [2.75, 3.05) is 11.9 Å². The standard InChI is InChI=1S/C9H10NO/c1-8(11)7-10-9-5-3-2-4-6-9/h3-6,10-11H,1,7H2. The molecule has 2 heteroatoms. The third-order valence-electron chi connectivity index (χ3n) is 1.21. The molecule has 1 radical (unpaired) electrons. The van der Waals surface area contributed by atoms with E-state index in [1.54, 1.807) is 0 Å². The van der Waals surface area contributed by atoms with Crippen LogP contribution in [-0.4, -0.2) is 11.7 Å². The monoisotopic (exact) mass is 148 g/mol. The molecule has 0 saturated heterocycles. The molecule has 0 heterocycles. The lowest BCUT2D eigenvalue weighted by Gasteiger charge is -2.02. The highest BCUT2D eigenvalue weighted by molar-refractivity contribution is 5.42. The molecule has 0 amide bonds. The summed E-state index contributed by atoms with van der Waals surface area (Å²) >= 11 is 0. The van der Waals surface area contributed by atoms with Crippen LogP contribution in [0.4, 0.5) is 5.69 Å². The number of hydrogen-bond donors (Lipinski definition) is 2. The minimum absolute atomic E-state index is 0.137. The van der Waals surface area contributed by atoms with Gasteiger partial charge in [0.1, 0.15) is 5.76 Å². The van der Waals surface area contributed by atoms with Crippen LogP contribution in [0.1, 0.15) is 0 Å². The van der Waals surface area contributed by atoms with Gasteiger partial charge in [-0.1, -0.05) is 18.7 Å². The molecule has 11 heavy (non-hydrogen) atoms. The van der Waals surface area contributed by atoms with Crippen molar-refractivity contribution in [3.63, 3.8) is 0 Å². The van der Waals surface area contributed by atoms with Gasteiger partial charge in [-0.25, -0.2) is 0 Å². The van der Waals surface area contributed by atoms with Crippen LogP contribution in [0.25, 0.3) is 0 Å². The number of nitrogens with one attached hydrogen (secondary N) is 1. The molecule has 2 N–H and O–H groups in total. The Balaban J connectivity index is 2.45. The Labute approximate surface area is 66.2 Å². The van der Waals surface area contributed by atoms with Gasteiger partial charge in [0.25, 0.3) is 0 Å². The van der Waals surface area contributed by atoms with Crippen molar-refractivity contribution in [3.05, 3.63) is 42.7 Å². The summed E-state index contributed by atoms with van der Waals surface area (Å²) in [6, 6.07) is 10.3. The van der Waals surface area contributed by atoms with Crippen LogP contribution in [0.15, 0.2) is 36.6 Å². The molecule has 1 aromatic carbocycles. The van der Waals surface area contributed by atoms with E-state index in [2.05, 4.69) is 18.0 Å². The quantitative estimate of drug-likeness (QED) is 0.642. The maximum absolute atomic E-state index is 8.75. The summed E-state index contributed by atoms with van der Waals surface area (Å²) in [5.41, 5.74) is 0.957. The van der Waals surface area contributed by atoms with E-state index in [1.807, 2.05) is 24.3 Å². The van der Waals surface area contributed by atoms with E-state index in [1.165, 1.54) is 0 Å². The maximum Gasteiger partial charge on any atom is 0.104 e. The van der Waals surface area contributed by atoms with E-state index in [-0.39, 0.29) is 5.76 Å². The van der Waals surface area contributed by atoms with Crippen LogP contribution in [0, 0.1) is 6.07 Å². The lowest BCUT2D eigenvalue weighted by atomic mass is 10.3. The van der Waals surface area contributed by atoms with E-state index < -0.39 is 0 Å². The highest BCUT2D eigenvalue weighted by Gasteiger charge is 1.89. The molecule has 0 aliphatic rings. The Bertz CT molecular complexity index is 231. The van der Waals surface area contributed by atoms with Gasteiger partial charge in [0, 0.05) is 5.69 Å². The van der Waals surface area contributed by atoms with Crippen molar-refractivity contribution in [2.45, 2.75) is 0 Å². The molecule has 1 aromatic rings. The smallest absolute Gasteiger partial charge is 0.104 e. The normalized spacial score (nSPS) is 9.09. The summed E-state index contributed by atoms with van der Waals surface area (Å²) in [5.74, 6) is 0.137. The molecule has 0 bridgehead atoms. The largest absolute Gasteiger partial charge is 0.511 e. The highest BCUT2D eigenvalue weighted by Crippen LogP contribution is 2.03. The summed E-state index contributed by atoms with van der Waals surface area (Å²) in [4.78, 5) is 0. The molecular weight excluding hydrogens is 138 g/mol. The van der Waals surface area contributed by atoms with Crippen molar-refractivity contribution < 1.29 is 5.11 Å². The summed E-state index contributed by atoms with van der Waals surface area (Å²) < 4.78 is 0. The van der Waals surface area contributed by atoms with E-state index in [0.717, 1.165) is 5.69 Å². The van der Waals surface area contributed by atoms with Gasteiger partial charge in [-0.3, -0.25) is 0 Å². The van der Waals surface area contributed by atoms with Crippen LogP contribution in [0.2, 0.25) is 0 Å². The van der Waals surface area contributed by atoms with Crippen LogP contribution >= 0.6 is 0 Å².